The normalized spacial score (nSPS) is 20.2. The lowest BCUT2D eigenvalue weighted by Gasteiger charge is -2.18. The summed E-state index contributed by atoms with van der Waals surface area (Å²) < 4.78 is 1.66. The van der Waals surface area contributed by atoms with Gasteiger partial charge in [0.05, 0.1) is 12.2 Å². The highest BCUT2D eigenvalue weighted by Crippen LogP contribution is 2.28. The number of carbonyl (C=O) groups is 1. The number of hydrogen-bond acceptors (Lipinski definition) is 2. The molecule has 1 atom stereocenters. The zero-order valence-corrected chi connectivity index (χ0v) is 12.2. The lowest BCUT2D eigenvalue weighted by atomic mass is 9.95. The zero-order chi connectivity index (χ0) is 13.4. The molecule has 0 bridgehead atoms. The first-order chi connectivity index (χ1) is 8.40. The number of halogens is 1. The third-order valence-corrected chi connectivity index (χ3v) is 4.28. The highest BCUT2D eigenvalue weighted by Gasteiger charge is 2.32. The molecule has 0 aromatic carbocycles. The summed E-state index contributed by atoms with van der Waals surface area (Å²) in [6, 6.07) is 0. The van der Waals surface area contributed by atoms with Crippen LogP contribution in [0.4, 0.5) is 0 Å². The molecule has 0 spiro atoms. The van der Waals surface area contributed by atoms with Crippen molar-refractivity contribution in [2.24, 2.45) is 18.9 Å². The second kappa shape index (κ2) is 4.92. The third kappa shape index (κ3) is 2.39. The topological polar surface area (TPSA) is 38.1 Å². The Morgan fingerprint density at radius 1 is 1.50 bits per heavy atom. The van der Waals surface area contributed by atoms with E-state index in [9.17, 15) is 4.79 Å². The molecular formula is C13H20ClN3O. The average molecular weight is 270 g/mol. The van der Waals surface area contributed by atoms with Gasteiger partial charge in [0, 0.05) is 25.6 Å². The van der Waals surface area contributed by atoms with Crippen LogP contribution in [0.2, 0.25) is 5.15 Å². The van der Waals surface area contributed by atoms with E-state index in [0.29, 0.717) is 30.0 Å². The van der Waals surface area contributed by atoms with Gasteiger partial charge in [0.1, 0.15) is 5.15 Å². The molecule has 100 valence electrons. The van der Waals surface area contributed by atoms with Crippen molar-refractivity contribution in [3.8, 4) is 0 Å². The number of amides is 1. The van der Waals surface area contributed by atoms with Crippen molar-refractivity contribution < 1.29 is 4.79 Å². The lowest BCUT2D eigenvalue weighted by molar-refractivity contribution is -0.128. The summed E-state index contributed by atoms with van der Waals surface area (Å²) in [5.41, 5.74) is 1.88. The predicted octanol–water partition coefficient (Wildman–Crippen LogP) is 2.39. The van der Waals surface area contributed by atoms with Gasteiger partial charge in [-0.2, -0.15) is 5.10 Å². The van der Waals surface area contributed by atoms with E-state index in [2.05, 4.69) is 18.9 Å². The Morgan fingerprint density at radius 2 is 2.17 bits per heavy atom. The van der Waals surface area contributed by atoms with Crippen LogP contribution in [0.1, 0.15) is 31.5 Å². The highest BCUT2D eigenvalue weighted by atomic mass is 35.5. The lowest BCUT2D eigenvalue weighted by Crippen LogP contribution is -2.25. The van der Waals surface area contributed by atoms with Crippen LogP contribution in [0.5, 0.6) is 0 Å². The summed E-state index contributed by atoms with van der Waals surface area (Å²) in [7, 11) is 1.82. The molecule has 1 fully saturated rings. The molecule has 5 heteroatoms. The molecule has 1 aliphatic rings. The summed E-state index contributed by atoms with van der Waals surface area (Å²) in [5, 5.41) is 4.91. The number of aryl methyl sites for hydroxylation is 2. The Bertz CT molecular complexity index is 467. The molecule has 0 N–H and O–H groups in total. The van der Waals surface area contributed by atoms with Crippen LogP contribution in [0, 0.1) is 18.8 Å². The van der Waals surface area contributed by atoms with Gasteiger partial charge in [-0.3, -0.25) is 9.48 Å². The molecule has 1 aliphatic heterocycles. The second-order valence-electron chi connectivity index (χ2n) is 5.46. The third-order valence-electron chi connectivity index (χ3n) is 3.81. The van der Waals surface area contributed by atoms with Gasteiger partial charge in [0.2, 0.25) is 5.91 Å². The zero-order valence-electron chi connectivity index (χ0n) is 11.4. The summed E-state index contributed by atoms with van der Waals surface area (Å²) in [6.45, 7) is 7.69. The number of likely N-dealkylation sites (tertiary alicyclic amines) is 1. The Kier molecular flexibility index (Phi) is 3.66. The van der Waals surface area contributed by atoms with Gasteiger partial charge in [-0.1, -0.05) is 25.4 Å². The SMILES string of the molecule is Cc1nn(C)c(Cl)c1CN1CC(C(C)C)CC1=O. The molecule has 18 heavy (non-hydrogen) atoms. The summed E-state index contributed by atoms with van der Waals surface area (Å²) in [5.74, 6) is 1.24. The molecule has 4 nitrogen and oxygen atoms in total. The van der Waals surface area contributed by atoms with Crippen molar-refractivity contribution in [1.29, 1.82) is 0 Å². The van der Waals surface area contributed by atoms with Crippen molar-refractivity contribution in [2.75, 3.05) is 6.54 Å². The maximum atomic E-state index is 12.0. The quantitative estimate of drug-likeness (QED) is 0.845. The van der Waals surface area contributed by atoms with E-state index >= 15 is 0 Å². The monoisotopic (exact) mass is 269 g/mol. The molecule has 0 saturated carbocycles. The van der Waals surface area contributed by atoms with Gasteiger partial charge in [-0.15, -0.1) is 0 Å². The van der Waals surface area contributed by atoms with Gasteiger partial charge in [0.15, 0.2) is 0 Å². The first kappa shape index (κ1) is 13.4. The number of hydrogen-bond donors (Lipinski definition) is 0. The maximum absolute atomic E-state index is 12.0. The summed E-state index contributed by atoms with van der Waals surface area (Å²) >= 11 is 6.20. The van der Waals surface area contributed by atoms with Crippen molar-refractivity contribution in [3.05, 3.63) is 16.4 Å². The van der Waals surface area contributed by atoms with E-state index in [0.717, 1.165) is 17.8 Å². The fourth-order valence-electron chi connectivity index (χ4n) is 2.45. The molecule has 1 amide bonds. The largest absolute Gasteiger partial charge is 0.338 e. The fourth-order valence-corrected chi connectivity index (χ4v) is 2.68. The number of carbonyl (C=O) groups excluding carboxylic acids is 1. The standard InChI is InChI=1S/C13H20ClN3O/c1-8(2)10-5-12(18)17(6-10)7-11-9(3)15-16(4)13(11)14/h8,10H,5-7H2,1-4H3. The second-order valence-corrected chi connectivity index (χ2v) is 5.82. The van der Waals surface area contributed by atoms with Gasteiger partial charge in [-0.25, -0.2) is 0 Å². The van der Waals surface area contributed by atoms with E-state index in [1.165, 1.54) is 0 Å². The molecule has 0 radical (unpaired) electrons. The minimum atomic E-state index is 0.230. The summed E-state index contributed by atoms with van der Waals surface area (Å²) in [4.78, 5) is 13.9. The predicted molar refractivity (Wildman–Crippen MR) is 71.3 cm³/mol. The smallest absolute Gasteiger partial charge is 0.223 e. The minimum absolute atomic E-state index is 0.230. The van der Waals surface area contributed by atoms with Gasteiger partial charge in [-0.05, 0) is 18.8 Å². The van der Waals surface area contributed by atoms with Crippen molar-refractivity contribution in [1.82, 2.24) is 14.7 Å². The Morgan fingerprint density at radius 3 is 2.61 bits per heavy atom. The molecule has 1 aromatic heterocycles. The van der Waals surface area contributed by atoms with Crippen LogP contribution in [0.25, 0.3) is 0 Å². The van der Waals surface area contributed by atoms with Crippen LogP contribution in [0.15, 0.2) is 0 Å². The maximum Gasteiger partial charge on any atom is 0.223 e. The highest BCUT2D eigenvalue weighted by molar-refractivity contribution is 6.30. The van der Waals surface area contributed by atoms with E-state index in [1.54, 1.807) is 4.68 Å². The molecule has 2 heterocycles. The van der Waals surface area contributed by atoms with Crippen LogP contribution < -0.4 is 0 Å². The van der Waals surface area contributed by atoms with Gasteiger partial charge < -0.3 is 4.90 Å². The number of nitrogens with zero attached hydrogens (tertiary/aromatic N) is 3. The summed E-state index contributed by atoms with van der Waals surface area (Å²) in [6.07, 6.45) is 0.661. The molecule has 1 aromatic rings. The molecule has 1 unspecified atom stereocenters. The molecule has 2 rings (SSSR count). The van der Waals surface area contributed by atoms with Gasteiger partial charge >= 0.3 is 0 Å². The van der Waals surface area contributed by atoms with Gasteiger partial charge in [0.25, 0.3) is 0 Å². The van der Waals surface area contributed by atoms with Crippen LogP contribution in [-0.2, 0) is 18.4 Å². The van der Waals surface area contributed by atoms with E-state index in [-0.39, 0.29) is 5.91 Å². The van der Waals surface area contributed by atoms with Crippen LogP contribution in [-0.4, -0.2) is 27.1 Å². The number of rotatable bonds is 3. The van der Waals surface area contributed by atoms with E-state index in [4.69, 9.17) is 11.6 Å². The molecule has 1 saturated heterocycles. The Balaban J connectivity index is 2.13. The molecular weight excluding hydrogens is 250 g/mol. The number of aromatic nitrogens is 2. The Hall–Kier alpha value is -1.03. The Labute approximate surface area is 113 Å². The first-order valence-electron chi connectivity index (χ1n) is 6.36. The average Bonchev–Trinajstić information content (AvgIpc) is 2.76. The van der Waals surface area contributed by atoms with Crippen LogP contribution in [0.3, 0.4) is 0 Å². The van der Waals surface area contributed by atoms with E-state index < -0.39 is 0 Å². The fraction of sp³-hybridized carbons (Fsp3) is 0.692. The van der Waals surface area contributed by atoms with Crippen LogP contribution >= 0.6 is 11.6 Å². The van der Waals surface area contributed by atoms with Crippen molar-refractivity contribution >= 4 is 17.5 Å². The van der Waals surface area contributed by atoms with Crippen molar-refractivity contribution in [2.45, 2.75) is 33.7 Å². The molecule has 0 aliphatic carbocycles. The minimum Gasteiger partial charge on any atom is -0.338 e. The van der Waals surface area contributed by atoms with Crippen molar-refractivity contribution in [3.63, 3.8) is 0 Å². The van der Waals surface area contributed by atoms with E-state index in [1.807, 2.05) is 18.9 Å². The first-order valence-corrected chi connectivity index (χ1v) is 6.73.